The lowest BCUT2D eigenvalue weighted by molar-refractivity contribution is 0.165. The van der Waals surface area contributed by atoms with Crippen molar-refractivity contribution in [2.75, 3.05) is 6.54 Å². The zero-order chi connectivity index (χ0) is 7.56. The fraction of sp³-hybridized carbons (Fsp3) is 1.00. The molecule has 0 amide bonds. The molecule has 1 nitrogen and oxygen atoms in total. The van der Waals surface area contributed by atoms with Crippen LogP contribution in [0.15, 0.2) is 0 Å². The maximum absolute atomic E-state index is 13.0. The van der Waals surface area contributed by atoms with Crippen LogP contribution in [0.25, 0.3) is 0 Å². The van der Waals surface area contributed by atoms with E-state index >= 15 is 0 Å². The van der Waals surface area contributed by atoms with Crippen molar-refractivity contribution in [1.82, 2.24) is 5.32 Å². The van der Waals surface area contributed by atoms with Crippen molar-refractivity contribution in [2.45, 2.75) is 38.9 Å². The highest BCUT2D eigenvalue weighted by Crippen LogP contribution is 2.17. The van der Waals surface area contributed by atoms with E-state index in [2.05, 4.69) is 19.2 Å². The Kier molecular flexibility index (Phi) is 2.66. The van der Waals surface area contributed by atoms with Gasteiger partial charge < -0.3 is 5.32 Å². The molecule has 1 aliphatic heterocycles. The Morgan fingerprint density at radius 1 is 1.50 bits per heavy atom. The lowest BCUT2D eigenvalue weighted by Crippen LogP contribution is -2.45. The summed E-state index contributed by atoms with van der Waals surface area (Å²) < 4.78 is 13.0. The first-order valence-corrected chi connectivity index (χ1v) is 4.09. The lowest BCUT2D eigenvalue weighted by atomic mass is 9.93. The lowest BCUT2D eigenvalue weighted by Gasteiger charge is -2.30. The van der Waals surface area contributed by atoms with Crippen LogP contribution in [0.1, 0.15) is 26.7 Å². The van der Waals surface area contributed by atoms with Gasteiger partial charge in [-0.2, -0.15) is 0 Å². The van der Waals surface area contributed by atoms with Gasteiger partial charge in [0.15, 0.2) is 0 Å². The van der Waals surface area contributed by atoms with Crippen LogP contribution in [0.5, 0.6) is 0 Å². The molecule has 0 radical (unpaired) electrons. The number of piperidine rings is 1. The van der Waals surface area contributed by atoms with Crippen LogP contribution in [0.3, 0.4) is 0 Å². The van der Waals surface area contributed by atoms with Gasteiger partial charge in [-0.1, -0.05) is 13.8 Å². The van der Waals surface area contributed by atoms with Crippen molar-refractivity contribution < 1.29 is 4.39 Å². The minimum Gasteiger partial charge on any atom is -0.311 e. The quantitative estimate of drug-likeness (QED) is 0.592. The summed E-state index contributed by atoms with van der Waals surface area (Å²) in [6, 6.07) is 0.105. The highest BCUT2D eigenvalue weighted by molar-refractivity contribution is 4.82. The topological polar surface area (TPSA) is 12.0 Å². The Morgan fingerprint density at radius 2 is 2.20 bits per heavy atom. The van der Waals surface area contributed by atoms with Gasteiger partial charge in [-0.25, -0.2) is 4.39 Å². The van der Waals surface area contributed by atoms with Gasteiger partial charge in [0.05, 0.1) is 0 Å². The van der Waals surface area contributed by atoms with Gasteiger partial charge in [0.1, 0.15) is 6.17 Å². The number of halogens is 1. The normalized spacial score (nSPS) is 34.8. The summed E-state index contributed by atoms with van der Waals surface area (Å²) in [4.78, 5) is 0. The first-order chi connectivity index (χ1) is 4.72. The van der Waals surface area contributed by atoms with Crippen molar-refractivity contribution in [3.63, 3.8) is 0 Å². The molecule has 60 valence electrons. The largest absolute Gasteiger partial charge is 0.311 e. The molecular formula is C8H16FN. The van der Waals surface area contributed by atoms with Gasteiger partial charge in [-0.15, -0.1) is 0 Å². The summed E-state index contributed by atoms with van der Waals surface area (Å²) in [6.45, 7) is 5.12. The summed E-state index contributed by atoms with van der Waals surface area (Å²) >= 11 is 0. The Hall–Kier alpha value is -0.110. The molecule has 0 aromatic heterocycles. The number of hydrogen-bond acceptors (Lipinski definition) is 1. The highest BCUT2D eigenvalue weighted by Gasteiger charge is 2.26. The smallest absolute Gasteiger partial charge is 0.116 e. The van der Waals surface area contributed by atoms with Gasteiger partial charge >= 0.3 is 0 Å². The molecule has 0 saturated carbocycles. The SMILES string of the molecule is CC(C)C1NCCCC1F. The minimum atomic E-state index is -0.617. The van der Waals surface area contributed by atoms with Crippen molar-refractivity contribution >= 4 is 0 Å². The second-order valence-corrected chi connectivity index (χ2v) is 3.38. The third kappa shape index (κ3) is 1.69. The minimum absolute atomic E-state index is 0.105. The Balaban J connectivity index is 2.40. The summed E-state index contributed by atoms with van der Waals surface area (Å²) in [6.07, 6.45) is 1.12. The molecule has 10 heavy (non-hydrogen) atoms. The molecule has 0 aliphatic carbocycles. The molecule has 2 atom stereocenters. The van der Waals surface area contributed by atoms with Gasteiger partial charge in [0.25, 0.3) is 0 Å². The van der Waals surface area contributed by atoms with Crippen LogP contribution in [-0.2, 0) is 0 Å². The summed E-state index contributed by atoms with van der Waals surface area (Å²) in [5.74, 6) is 0.426. The van der Waals surface area contributed by atoms with E-state index in [-0.39, 0.29) is 6.04 Å². The first kappa shape index (κ1) is 7.99. The molecule has 2 heteroatoms. The third-order valence-corrected chi connectivity index (χ3v) is 2.14. The summed E-state index contributed by atoms with van der Waals surface area (Å²) in [5.41, 5.74) is 0. The third-order valence-electron chi connectivity index (χ3n) is 2.14. The zero-order valence-electron chi connectivity index (χ0n) is 6.73. The van der Waals surface area contributed by atoms with E-state index in [1.807, 2.05) is 0 Å². The average Bonchev–Trinajstić information content (AvgIpc) is 1.88. The molecular weight excluding hydrogens is 129 g/mol. The van der Waals surface area contributed by atoms with Crippen LogP contribution in [0.4, 0.5) is 4.39 Å². The number of alkyl halides is 1. The predicted molar refractivity (Wildman–Crippen MR) is 40.8 cm³/mol. The van der Waals surface area contributed by atoms with Crippen molar-refractivity contribution in [3.05, 3.63) is 0 Å². The summed E-state index contributed by atoms with van der Waals surface area (Å²) in [5, 5.41) is 3.19. The number of rotatable bonds is 1. The van der Waals surface area contributed by atoms with Crippen molar-refractivity contribution in [3.8, 4) is 0 Å². The molecule has 0 aromatic rings. The predicted octanol–water partition coefficient (Wildman–Crippen LogP) is 1.73. The second kappa shape index (κ2) is 3.33. The maximum Gasteiger partial charge on any atom is 0.116 e. The van der Waals surface area contributed by atoms with Crippen LogP contribution in [0, 0.1) is 5.92 Å². The Bertz CT molecular complexity index is 103. The van der Waals surface area contributed by atoms with Crippen molar-refractivity contribution in [1.29, 1.82) is 0 Å². The zero-order valence-corrected chi connectivity index (χ0v) is 6.73. The fourth-order valence-corrected chi connectivity index (χ4v) is 1.53. The van der Waals surface area contributed by atoms with E-state index in [4.69, 9.17) is 0 Å². The standard InChI is InChI=1S/C8H16FN/c1-6(2)8-7(9)4-3-5-10-8/h6-8,10H,3-5H2,1-2H3. The van der Waals surface area contributed by atoms with E-state index in [9.17, 15) is 4.39 Å². The van der Waals surface area contributed by atoms with E-state index in [1.165, 1.54) is 0 Å². The summed E-state index contributed by atoms with van der Waals surface area (Å²) in [7, 11) is 0. The molecule has 0 spiro atoms. The van der Waals surface area contributed by atoms with Crippen LogP contribution >= 0.6 is 0 Å². The molecule has 0 aromatic carbocycles. The van der Waals surface area contributed by atoms with Crippen molar-refractivity contribution in [2.24, 2.45) is 5.92 Å². The molecule has 0 bridgehead atoms. The molecule has 1 N–H and O–H groups in total. The average molecular weight is 145 g/mol. The van der Waals surface area contributed by atoms with E-state index in [1.54, 1.807) is 0 Å². The van der Waals surface area contributed by atoms with Gasteiger partial charge in [-0.05, 0) is 25.3 Å². The first-order valence-electron chi connectivity index (χ1n) is 4.09. The van der Waals surface area contributed by atoms with Gasteiger partial charge in [0.2, 0.25) is 0 Å². The van der Waals surface area contributed by atoms with Gasteiger partial charge in [-0.3, -0.25) is 0 Å². The monoisotopic (exact) mass is 145 g/mol. The molecule has 2 unspecified atom stereocenters. The molecule has 1 fully saturated rings. The van der Waals surface area contributed by atoms with E-state index < -0.39 is 6.17 Å². The second-order valence-electron chi connectivity index (χ2n) is 3.38. The van der Waals surface area contributed by atoms with Crippen LogP contribution in [0.2, 0.25) is 0 Å². The Labute approximate surface area is 62.0 Å². The molecule has 1 saturated heterocycles. The van der Waals surface area contributed by atoms with Gasteiger partial charge in [0, 0.05) is 6.04 Å². The molecule has 1 rings (SSSR count). The maximum atomic E-state index is 13.0. The number of nitrogens with one attached hydrogen (secondary N) is 1. The van der Waals surface area contributed by atoms with E-state index in [0.29, 0.717) is 5.92 Å². The highest BCUT2D eigenvalue weighted by atomic mass is 19.1. The fourth-order valence-electron chi connectivity index (χ4n) is 1.53. The van der Waals surface area contributed by atoms with Crippen LogP contribution < -0.4 is 5.32 Å². The molecule has 1 aliphatic rings. The molecule has 1 heterocycles. The van der Waals surface area contributed by atoms with Crippen LogP contribution in [-0.4, -0.2) is 18.8 Å². The Morgan fingerprint density at radius 3 is 2.60 bits per heavy atom. The van der Waals surface area contributed by atoms with E-state index in [0.717, 1.165) is 19.4 Å². The number of hydrogen-bond donors (Lipinski definition) is 1.